The minimum absolute atomic E-state index is 0.00268. The maximum atomic E-state index is 12.0. The molecule has 154 valence electrons. The number of rotatable bonds is 9. The van der Waals surface area contributed by atoms with Crippen molar-refractivity contribution in [1.29, 1.82) is 0 Å². The van der Waals surface area contributed by atoms with Gasteiger partial charge in [-0.05, 0) is 24.8 Å². The number of carbonyl (C=O) groups is 3. The zero-order valence-electron chi connectivity index (χ0n) is 16.6. The number of hydrogen-bond donors (Lipinski definition) is 1. The van der Waals surface area contributed by atoms with Gasteiger partial charge in [0.2, 0.25) is 5.91 Å². The SMILES string of the molecule is CCc1ccc(-c2nc(CC(=O)OCC(=O)N(C)CC(=O)NC3CC3)cs2)cc1. The van der Waals surface area contributed by atoms with Crippen molar-refractivity contribution >= 4 is 29.1 Å². The van der Waals surface area contributed by atoms with Crippen LogP contribution < -0.4 is 5.32 Å². The molecule has 1 aromatic carbocycles. The van der Waals surface area contributed by atoms with Crippen LogP contribution in [-0.4, -0.2) is 53.9 Å². The third-order valence-corrected chi connectivity index (χ3v) is 5.53. The molecule has 0 bridgehead atoms. The number of nitrogens with zero attached hydrogens (tertiary/aromatic N) is 2. The molecule has 1 heterocycles. The van der Waals surface area contributed by atoms with Gasteiger partial charge in [-0.1, -0.05) is 31.2 Å². The van der Waals surface area contributed by atoms with E-state index in [2.05, 4.69) is 29.4 Å². The fraction of sp³-hybridized carbons (Fsp3) is 0.429. The molecule has 2 amide bonds. The van der Waals surface area contributed by atoms with Crippen LogP contribution in [-0.2, 0) is 32.0 Å². The Morgan fingerprint density at radius 1 is 1.24 bits per heavy atom. The smallest absolute Gasteiger partial charge is 0.312 e. The average molecular weight is 416 g/mol. The molecule has 0 saturated heterocycles. The summed E-state index contributed by atoms with van der Waals surface area (Å²) in [5.74, 6) is -1.14. The molecule has 1 saturated carbocycles. The average Bonchev–Trinajstić information content (AvgIpc) is 3.40. The summed E-state index contributed by atoms with van der Waals surface area (Å²) in [5, 5.41) is 5.47. The third kappa shape index (κ3) is 6.39. The molecule has 29 heavy (non-hydrogen) atoms. The second kappa shape index (κ2) is 9.65. The van der Waals surface area contributed by atoms with Crippen LogP contribution in [0.1, 0.15) is 31.0 Å². The zero-order valence-corrected chi connectivity index (χ0v) is 17.5. The van der Waals surface area contributed by atoms with Gasteiger partial charge in [0.05, 0.1) is 18.7 Å². The Hall–Kier alpha value is -2.74. The summed E-state index contributed by atoms with van der Waals surface area (Å²) >= 11 is 1.47. The molecule has 1 aliphatic rings. The van der Waals surface area contributed by atoms with Gasteiger partial charge in [0.25, 0.3) is 5.91 Å². The number of carbonyl (C=O) groups excluding carboxylic acids is 3. The van der Waals surface area contributed by atoms with Gasteiger partial charge in [-0.3, -0.25) is 14.4 Å². The molecule has 0 atom stereocenters. The van der Waals surface area contributed by atoms with E-state index in [1.54, 1.807) is 0 Å². The van der Waals surface area contributed by atoms with Crippen LogP contribution in [0.15, 0.2) is 29.6 Å². The normalized spacial score (nSPS) is 13.0. The monoisotopic (exact) mass is 415 g/mol. The molecular weight excluding hydrogens is 390 g/mol. The van der Waals surface area contributed by atoms with Crippen LogP contribution >= 0.6 is 11.3 Å². The molecule has 0 unspecified atom stereocenters. The van der Waals surface area contributed by atoms with E-state index in [1.807, 2.05) is 17.5 Å². The standard InChI is InChI=1S/C21H25N3O4S/c1-3-14-4-6-15(7-5-14)21-23-17(13-29-21)10-20(27)28-12-19(26)24(2)11-18(25)22-16-8-9-16/h4-7,13,16H,3,8-12H2,1-2H3,(H,22,25). The molecule has 7 nitrogen and oxygen atoms in total. The second-order valence-corrected chi connectivity index (χ2v) is 7.98. The maximum absolute atomic E-state index is 12.0. The first kappa shape index (κ1) is 21.0. The highest BCUT2D eigenvalue weighted by molar-refractivity contribution is 7.13. The molecule has 0 radical (unpaired) electrons. The summed E-state index contributed by atoms with van der Waals surface area (Å²) in [5.41, 5.74) is 2.88. The topological polar surface area (TPSA) is 88.6 Å². The number of ether oxygens (including phenoxy) is 1. The molecule has 1 aliphatic carbocycles. The Morgan fingerprint density at radius 2 is 1.97 bits per heavy atom. The van der Waals surface area contributed by atoms with Crippen LogP contribution in [0.5, 0.6) is 0 Å². The van der Waals surface area contributed by atoms with Crippen LogP contribution in [0.25, 0.3) is 10.6 Å². The van der Waals surface area contributed by atoms with Crippen LogP contribution in [0, 0.1) is 0 Å². The highest BCUT2D eigenvalue weighted by Crippen LogP contribution is 2.24. The van der Waals surface area contributed by atoms with Gasteiger partial charge in [-0.2, -0.15) is 0 Å². The Kier molecular flexibility index (Phi) is 6.98. The predicted octanol–water partition coefficient (Wildman–Crippen LogP) is 2.20. The van der Waals surface area contributed by atoms with E-state index in [0.717, 1.165) is 29.8 Å². The fourth-order valence-corrected chi connectivity index (χ4v) is 3.49. The summed E-state index contributed by atoms with van der Waals surface area (Å²) in [6, 6.07) is 8.42. The first-order valence-corrected chi connectivity index (χ1v) is 10.5. The first-order chi connectivity index (χ1) is 13.9. The second-order valence-electron chi connectivity index (χ2n) is 7.12. The Bertz CT molecular complexity index is 874. The van der Waals surface area contributed by atoms with E-state index in [0.29, 0.717) is 5.69 Å². The number of aromatic nitrogens is 1. The molecular formula is C21H25N3O4S. The molecule has 0 aliphatic heterocycles. The van der Waals surface area contributed by atoms with Crippen molar-refractivity contribution in [1.82, 2.24) is 15.2 Å². The van der Waals surface area contributed by atoms with Crippen molar-refractivity contribution in [3.05, 3.63) is 40.9 Å². The van der Waals surface area contributed by atoms with Gasteiger partial charge >= 0.3 is 5.97 Å². The van der Waals surface area contributed by atoms with Gasteiger partial charge in [-0.15, -0.1) is 11.3 Å². The van der Waals surface area contributed by atoms with E-state index in [9.17, 15) is 14.4 Å². The largest absolute Gasteiger partial charge is 0.455 e. The lowest BCUT2D eigenvalue weighted by Crippen LogP contribution is -2.40. The van der Waals surface area contributed by atoms with Crippen molar-refractivity contribution in [3.8, 4) is 10.6 Å². The number of aryl methyl sites for hydroxylation is 1. The van der Waals surface area contributed by atoms with E-state index in [-0.39, 0.29) is 31.5 Å². The first-order valence-electron chi connectivity index (χ1n) is 9.67. The molecule has 1 aromatic heterocycles. The number of amides is 2. The van der Waals surface area contributed by atoms with Crippen molar-refractivity contribution in [2.75, 3.05) is 20.2 Å². The zero-order chi connectivity index (χ0) is 20.8. The van der Waals surface area contributed by atoms with Gasteiger partial charge in [0.15, 0.2) is 6.61 Å². The van der Waals surface area contributed by atoms with Crippen molar-refractivity contribution < 1.29 is 19.1 Å². The van der Waals surface area contributed by atoms with Gasteiger partial charge < -0.3 is 15.0 Å². The Labute approximate surface area is 174 Å². The summed E-state index contributed by atoms with van der Waals surface area (Å²) in [7, 11) is 1.51. The molecule has 2 aromatic rings. The highest BCUT2D eigenvalue weighted by atomic mass is 32.1. The molecule has 3 rings (SSSR count). The number of likely N-dealkylation sites (N-methyl/N-ethyl adjacent to an activating group) is 1. The highest BCUT2D eigenvalue weighted by Gasteiger charge is 2.24. The van der Waals surface area contributed by atoms with E-state index < -0.39 is 11.9 Å². The summed E-state index contributed by atoms with van der Waals surface area (Å²) in [6.07, 6.45) is 2.96. The van der Waals surface area contributed by atoms with Crippen molar-refractivity contribution in [3.63, 3.8) is 0 Å². The molecule has 1 N–H and O–H groups in total. The van der Waals surface area contributed by atoms with E-state index in [4.69, 9.17) is 4.74 Å². The minimum Gasteiger partial charge on any atom is -0.455 e. The minimum atomic E-state index is -0.521. The van der Waals surface area contributed by atoms with Crippen molar-refractivity contribution in [2.24, 2.45) is 0 Å². The van der Waals surface area contributed by atoms with Crippen LogP contribution in [0.3, 0.4) is 0 Å². The predicted molar refractivity (Wildman–Crippen MR) is 110 cm³/mol. The number of nitrogens with one attached hydrogen (secondary N) is 1. The van der Waals surface area contributed by atoms with E-state index in [1.165, 1.54) is 28.8 Å². The lowest BCUT2D eigenvalue weighted by atomic mass is 10.1. The van der Waals surface area contributed by atoms with Gasteiger partial charge in [-0.25, -0.2) is 4.98 Å². The third-order valence-electron chi connectivity index (χ3n) is 4.59. The fourth-order valence-electron chi connectivity index (χ4n) is 2.66. The number of benzene rings is 1. The van der Waals surface area contributed by atoms with Crippen LogP contribution in [0.2, 0.25) is 0 Å². The number of hydrogen-bond acceptors (Lipinski definition) is 6. The molecule has 0 spiro atoms. The summed E-state index contributed by atoms with van der Waals surface area (Å²) < 4.78 is 5.05. The molecule has 1 fully saturated rings. The Balaban J connectivity index is 1.43. The Morgan fingerprint density at radius 3 is 2.62 bits per heavy atom. The van der Waals surface area contributed by atoms with Crippen molar-refractivity contribution in [2.45, 2.75) is 38.6 Å². The summed E-state index contributed by atoms with van der Waals surface area (Å²) in [4.78, 5) is 41.5. The van der Waals surface area contributed by atoms with Gasteiger partial charge in [0, 0.05) is 24.0 Å². The maximum Gasteiger partial charge on any atom is 0.312 e. The van der Waals surface area contributed by atoms with E-state index >= 15 is 0 Å². The molecule has 8 heteroatoms. The number of esters is 1. The number of thiazole rings is 1. The lowest BCUT2D eigenvalue weighted by Gasteiger charge is -2.16. The van der Waals surface area contributed by atoms with Crippen LogP contribution in [0.4, 0.5) is 0 Å². The van der Waals surface area contributed by atoms with Gasteiger partial charge in [0.1, 0.15) is 5.01 Å². The lowest BCUT2D eigenvalue weighted by molar-refractivity contribution is -0.151. The summed E-state index contributed by atoms with van der Waals surface area (Å²) in [6.45, 7) is 1.67. The quantitative estimate of drug-likeness (QED) is 0.635.